The number of halogens is 1. The van der Waals surface area contributed by atoms with Crippen molar-refractivity contribution in [3.05, 3.63) is 69.2 Å². The second kappa shape index (κ2) is 6.93. The van der Waals surface area contributed by atoms with E-state index in [4.69, 9.17) is 21.3 Å². The largest absolute Gasteiger partial charge is 0.420 e. The minimum atomic E-state index is -0.404. The van der Waals surface area contributed by atoms with Crippen LogP contribution in [-0.4, -0.2) is 28.5 Å². The molecule has 1 saturated heterocycles. The molecule has 136 valence electrons. The van der Waals surface area contributed by atoms with Crippen molar-refractivity contribution in [1.82, 2.24) is 9.47 Å². The highest BCUT2D eigenvalue weighted by molar-refractivity contribution is 6.31. The molecule has 0 radical (unpaired) electrons. The number of piperidine rings is 1. The topological polar surface area (TPSA) is 79.2 Å². The van der Waals surface area contributed by atoms with Crippen LogP contribution >= 0.6 is 11.6 Å². The minimum Gasteiger partial charge on any atom is -0.408 e. The van der Waals surface area contributed by atoms with Gasteiger partial charge >= 0.3 is 5.76 Å². The smallest absolute Gasteiger partial charge is 0.408 e. The van der Waals surface area contributed by atoms with Gasteiger partial charge < -0.3 is 9.32 Å². The molecule has 4 rings (SSSR count). The van der Waals surface area contributed by atoms with Crippen LogP contribution in [-0.2, 0) is 0 Å². The molecule has 1 fully saturated rings. The van der Waals surface area contributed by atoms with Gasteiger partial charge in [0.1, 0.15) is 0 Å². The number of likely N-dealkylation sites (tertiary alicyclic amines) is 1. The molecule has 0 bridgehead atoms. The molecule has 1 aliphatic heterocycles. The molecule has 6 nitrogen and oxygen atoms in total. The Hall–Kier alpha value is -3.04. The Morgan fingerprint density at radius 3 is 2.70 bits per heavy atom. The summed E-state index contributed by atoms with van der Waals surface area (Å²) >= 11 is 6.06. The number of aromatic nitrogens is 1. The fourth-order valence-electron chi connectivity index (χ4n) is 3.58. The normalized spacial score (nSPS) is 15.0. The summed E-state index contributed by atoms with van der Waals surface area (Å²) < 4.78 is 6.95. The average Bonchev–Trinajstić information content (AvgIpc) is 3.02. The molecule has 1 aliphatic rings. The lowest BCUT2D eigenvalue weighted by Crippen LogP contribution is -2.40. The van der Waals surface area contributed by atoms with Gasteiger partial charge in [-0.25, -0.2) is 4.79 Å². The highest BCUT2D eigenvalue weighted by Gasteiger charge is 2.27. The van der Waals surface area contributed by atoms with Crippen LogP contribution in [0.3, 0.4) is 0 Å². The van der Waals surface area contributed by atoms with Crippen LogP contribution in [0.2, 0.25) is 5.02 Å². The zero-order chi connectivity index (χ0) is 19.0. The van der Waals surface area contributed by atoms with E-state index in [2.05, 4.69) is 0 Å². The van der Waals surface area contributed by atoms with Gasteiger partial charge in [0.2, 0.25) is 0 Å². The Bertz CT molecular complexity index is 1120. The molecule has 1 aromatic heterocycles. The van der Waals surface area contributed by atoms with E-state index in [1.54, 1.807) is 51.9 Å². The number of rotatable bonds is 2. The number of carbonyl (C=O) groups excluding carboxylic acids is 1. The van der Waals surface area contributed by atoms with E-state index in [1.165, 1.54) is 0 Å². The highest BCUT2D eigenvalue weighted by Crippen LogP contribution is 2.28. The van der Waals surface area contributed by atoms with Crippen molar-refractivity contribution in [3.8, 4) is 6.07 Å². The van der Waals surface area contributed by atoms with Crippen LogP contribution in [0.1, 0.15) is 34.8 Å². The highest BCUT2D eigenvalue weighted by atomic mass is 35.5. The van der Waals surface area contributed by atoms with E-state index in [1.807, 2.05) is 6.07 Å². The maximum Gasteiger partial charge on any atom is 0.420 e. The Morgan fingerprint density at radius 2 is 1.96 bits per heavy atom. The average molecular weight is 382 g/mol. The van der Waals surface area contributed by atoms with Crippen LogP contribution in [0.5, 0.6) is 0 Å². The standard InChI is InChI=1S/C20H16ClN3O3/c21-15-4-5-18-17(11-15)24(20(26)27-18)16-6-8-23(9-7-16)19(25)14-3-1-2-13(10-14)12-22/h1-5,10-11,16H,6-9H2. The van der Waals surface area contributed by atoms with Gasteiger partial charge in [0.15, 0.2) is 5.58 Å². The number of carbonyl (C=O) groups is 1. The van der Waals surface area contributed by atoms with Crippen molar-refractivity contribution in [3.63, 3.8) is 0 Å². The molecule has 7 heteroatoms. The van der Waals surface area contributed by atoms with E-state index < -0.39 is 5.76 Å². The quantitative estimate of drug-likeness (QED) is 0.679. The molecule has 0 N–H and O–H groups in total. The fourth-order valence-corrected chi connectivity index (χ4v) is 3.75. The summed E-state index contributed by atoms with van der Waals surface area (Å²) in [5.41, 5.74) is 2.16. The first-order valence-corrected chi connectivity index (χ1v) is 9.04. The number of amides is 1. The lowest BCUT2D eigenvalue weighted by molar-refractivity contribution is 0.0694. The second-order valence-corrected chi connectivity index (χ2v) is 7.00. The lowest BCUT2D eigenvalue weighted by atomic mass is 10.0. The van der Waals surface area contributed by atoms with E-state index in [-0.39, 0.29) is 11.9 Å². The van der Waals surface area contributed by atoms with Crippen LogP contribution in [0.15, 0.2) is 51.7 Å². The number of oxazole rings is 1. The molecule has 0 aliphatic carbocycles. The molecule has 0 spiro atoms. The van der Waals surface area contributed by atoms with Gasteiger partial charge in [-0.3, -0.25) is 9.36 Å². The fraction of sp³-hybridized carbons (Fsp3) is 0.250. The third-order valence-corrected chi connectivity index (χ3v) is 5.17. The SMILES string of the molecule is N#Cc1cccc(C(=O)N2CCC(n3c(=O)oc4ccc(Cl)cc43)CC2)c1. The maximum atomic E-state index is 12.7. The molecule has 27 heavy (non-hydrogen) atoms. The number of benzene rings is 2. The minimum absolute atomic E-state index is 0.0493. The summed E-state index contributed by atoms with van der Waals surface area (Å²) in [5, 5.41) is 9.54. The molecule has 2 aromatic carbocycles. The first-order chi connectivity index (χ1) is 13.1. The molecule has 0 atom stereocenters. The first-order valence-electron chi connectivity index (χ1n) is 8.67. The van der Waals surface area contributed by atoms with Gasteiger partial charge in [-0.1, -0.05) is 17.7 Å². The lowest BCUT2D eigenvalue weighted by Gasteiger charge is -2.32. The summed E-state index contributed by atoms with van der Waals surface area (Å²) in [6.07, 6.45) is 1.29. The summed E-state index contributed by atoms with van der Waals surface area (Å²) in [7, 11) is 0. The summed E-state index contributed by atoms with van der Waals surface area (Å²) in [4.78, 5) is 26.8. The van der Waals surface area contributed by atoms with Crippen LogP contribution in [0.25, 0.3) is 11.1 Å². The van der Waals surface area contributed by atoms with Crippen LogP contribution < -0.4 is 5.76 Å². The summed E-state index contributed by atoms with van der Waals surface area (Å²) in [6, 6.07) is 13.8. The third kappa shape index (κ3) is 3.22. The molecular weight excluding hydrogens is 366 g/mol. The summed E-state index contributed by atoms with van der Waals surface area (Å²) in [6.45, 7) is 1.06. The zero-order valence-electron chi connectivity index (χ0n) is 14.4. The van der Waals surface area contributed by atoms with E-state index >= 15 is 0 Å². The molecular formula is C20H16ClN3O3. The van der Waals surface area contributed by atoms with Gasteiger partial charge in [-0.15, -0.1) is 0 Å². The summed E-state index contributed by atoms with van der Waals surface area (Å²) in [5.74, 6) is -0.503. The molecule has 3 aromatic rings. The Labute approximate surface area is 160 Å². The number of fused-ring (bicyclic) bond motifs is 1. The number of nitriles is 1. The van der Waals surface area contributed by atoms with Crippen LogP contribution in [0, 0.1) is 11.3 Å². The van der Waals surface area contributed by atoms with Crippen molar-refractivity contribution >= 4 is 28.6 Å². The van der Waals surface area contributed by atoms with E-state index in [0.29, 0.717) is 53.2 Å². The van der Waals surface area contributed by atoms with Gasteiger partial charge in [-0.2, -0.15) is 5.26 Å². The Morgan fingerprint density at radius 1 is 1.19 bits per heavy atom. The number of nitrogens with zero attached hydrogens (tertiary/aromatic N) is 3. The molecule has 1 amide bonds. The van der Waals surface area contributed by atoms with Crippen LogP contribution in [0.4, 0.5) is 0 Å². The molecule has 0 saturated carbocycles. The molecule has 0 unspecified atom stereocenters. The molecule has 2 heterocycles. The predicted molar refractivity (Wildman–Crippen MR) is 101 cm³/mol. The van der Waals surface area contributed by atoms with Gasteiger partial charge in [-0.05, 0) is 49.2 Å². The maximum absolute atomic E-state index is 12.7. The predicted octanol–water partition coefficient (Wildman–Crippen LogP) is 3.60. The van der Waals surface area contributed by atoms with Crippen molar-refractivity contribution in [1.29, 1.82) is 5.26 Å². The van der Waals surface area contributed by atoms with Gasteiger partial charge in [0, 0.05) is 29.7 Å². The van der Waals surface area contributed by atoms with Crippen molar-refractivity contribution in [2.75, 3.05) is 13.1 Å². The Balaban J connectivity index is 1.53. The van der Waals surface area contributed by atoms with Gasteiger partial charge in [0.05, 0.1) is 17.1 Å². The van der Waals surface area contributed by atoms with Crippen molar-refractivity contribution < 1.29 is 9.21 Å². The second-order valence-electron chi connectivity index (χ2n) is 6.57. The van der Waals surface area contributed by atoms with E-state index in [9.17, 15) is 9.59 Å². The van der Waals surface area contributed by atoms with Crippen molar-refractivity contribution in [2.45, 2.75) is 18.9 Å². The van der Waals surface area contributed by atoms with Gasteiger partial charge in [0.25, 0.3) is 5.91 Å². The monoisotopic (exact) mass is 381 g/mol. The van der Waals surface area contributed by atoms with E-state index in [0.717, 1.165) is 0 Å². The Kier molecular flexibility index (Phi) is 4.46. The number of hydrogen-bond donors (Lipinski definition) is 0. The van der Waals surface area contributed by atoms with Crippen molar-refractivity contribution in [2.24, 2.45) is 0 Å². The number of hydrogen-bond acceptors (Lipinski definition) is 4. The first kappa shape index (κ1) is 17.4. The third-order valence-electron chi connectivity index (χ3n) is 4.93. The zero-order valence-corrected chi connectivity index (χ0v) is 15.1.